The summed E-state index contributed by atoms with van der Waals surface area (Å²) in [6.45, 7) is 2.26. The molecule has 1 aromatic heterocycles. The maximum absolute atomic E-state index is 8.83. The maximum atomic E-state index is 8.83. The Labute approximate surface area is 113 Å². The maximum Gasteiger partial charge on any atom is 0.192 e. The van der Waals surface area contributed by atoms with Gasteiger partial charge in [-0.3, -0.25) is 0 Å². The normalized spacial score (nSPS) is 24.2. The average molecular weight is 263 g/mol. The van der Waals surface area contributed by atoms with E-state index in [0.717, 1.165) is 6.42 Å². The second-order valence-electron chi connectivity index (χ2n) is 5.15. The second kappa shape index (κ2) is 5.86. The number of anilines is 1. The second-order valence-corrected chi connectivity index (χ2v) is 5.15. The minimum Gasteiger partial charge on any atom is -0.409 e. The summed E-state index contributed by atoms with van der Waals surface area (Å²) in [5.41, 5.74) is 6.10. The van der Waals surface area contributed by atoms with Crippen molar-refractivity contribution in [1.82, 2.24) is 9.97 Å². The molecule has 1 aliphatic carbocycles. The van der Waals surface area contributed by atoms with Crippen LogP contribution < -0.4 is 10.6 Å². The molecular weight excluding hydrogens is 242 g/mol. The van der Waals surface area contributed by atoms with Crippen LogP contribution in [0.5, 0.6) is 0 Å². The lowest BCUT2D eigenvalue weighted by molar-refractivity contribution is 0.317. The number of nitrogens with two attached hydrogens (primary N) is 1. The predicted molar refractivity (Wildman–Crippen MR) is 74.4 cm³/mol. The first-order valence-corrected chi connectivity index (χ1v) is 6.67. The fraction of sp³-hybridized carbons (Fsp3) is 0.615. The van der Waals surface area contributed by atoms with E-state index in [9.17, 15) is 0 Å². The Kier molecular flexibility index (Phi) is 4.19. The smallest absolute Gasteiger partial charge is 0.192 e. The van der Waals surface area contributed by atoms with Crippen LogP contribution in [0, 0.1) is 5.92 Å². The minimum atomic E-state index is -0.00147. The molecule has 0 aliphatic heterocycles. The van der Waals surface area contributed by atoms with Crippen molar-refractivity contribution in [3.63, 3.8) is 0 Å². The first-order chi connectivity index (χ1) is 9.15. The van der Waals surface area contributed by atoms with Crippen LogP contribution in [0.25, 0.3) is 0 Å². The zero-order valence-corrected chi connectivity index (χ0v) is 11.5. The molecule has 104 valence electrons. The molecule has 1 heterocycles. The number of nitrogens with zero attached hydrogens (tertiary/aromatic N) is 4. The summed E-state index contributed by atoms with van der Waals surface area (Å²) in [7, 11) is 2.00. The van der Waals surface area contributed by atoms with Crippen molar-refractivity contribution in [2.24, 2.45) is 16.8 Å². The SMILES string of the molecule is CC1CCCCC1N(C)c1nccnc1C(N)=NO. The quantitative estimate of drug-likeness (QED) is 0.374. The lowest BCUT2D eigenvalue weighted by atomic mass is 9.85. The Morgan fingerprint density at radius 3 is 2.74 bits per heavy atom. The summed E-state index contributed by atoms with van der Waals surface area (Å²) in [6.07, 6.45) is 8.08. The molecule has 0 saturated heterocycles. The molecule has 0 radical (unpaired) electrons. The summed E-state index contributed by atoms with van der Waals surface area (Å²) < 4.78 is 0. The van der Waals surface area contributed by atoms with E-state index >= 15 is 0 Å². The fourth-order valence-corrected chi connectivity index (χ4v) is 2.85. The van der Waals surface area contributed by atoms with Crippen LogP contribution in [0.4, 0.5) is 5.82 Å². The third kappa shape index (κ3) is 2.77. The molecule has 0 aromatic carbocycles. The zero-order chi connectivity index (χ0) is 13.8. The van der Waals surface area contributed by atoms with Crippen LogP contribution in [0.1, 0.15) is 38.3 Å². The van der Waals surface area contributed by atoms with E-state index in [1.54, 1.807) is 12.4 Å². The van der Waals surface area contributed by atoms with Crippen molar-refractivity contribution in [2.75, 3.05) is 11.9 Å². The van der Waals surface area contributed by atoms with Crippen molar-refractivity contribution in [1.29, 1.82) is 0 Å². The zero-order valence-electron chi connectivity index (χ0n) is 11.5. The van der Waals surface area contributed by atoms with Crippen LogP contribution in [0.2, 0.25) is 0 Å². The van der Waals surface area contributed by atoms with Gasteiger partial charge in [-0.25, -0.2) is 9.97 Å². The molecule has 2 atom stereocenters. The Hall–Kier alpha value is -1.85. The van der Waals surface area contributed by atoms with Crippen molar-refractivity contribution in [2.45, 2.75) is 38.6 Å². The summed E-state index contributed by atoms with van der Waals surface area (Å²) in [6, 6.07) is 0.427. The Bertz CT molecular complexity index is 462. The third-order valence-corrected chi connectivity index (χ3v) is 3.93. The van der Waals surface area contributed by atoms with Gasteiger partial charge in [-0.05, 0) is 18.8 Å². The lowest BCUT2D eigenvalue weighted by Gasteiger charge is -2.37. The molecule has 2 rings (SSSR count). The average Bonchev–Trinajstić information content (AvgIpc) is 2.46. The first-order valence-electron chi connectivity index (χ1n) is 6.67. The molecule has 1 fully saturated rings. The van der Waals surface area contributed by atoms with Crippen LogP contribution in [-0.2, 0) is 0 Å². The van der Waals surface area contributed by atoms with Crippen molar-refractivity contribution >= 4 is 11.7 Å². The van der Waals surface area contributed by atoms with Gasteiger partial charge in [0.15, 0.2) is 17.3 Å². The highest BCUT2D eigenvalue weighted by atomic mass is 16.4. The number of oxime groups is 1. The predicted octanol–water partition coefficient (Wildman–Crippen LogP) is 1.59. The van der Waals surface area contributed by atoms with Crippen molar-refractivity contribution in [3.05, 3.63) is 18.1 Å². The summed E-state index contributed by atoms with van der Waals surface area (Å²) in [4.78, 5) is 10.6. The molecule has 6 heteroatoms. The van der Waals surface area contributed by atoms with E-state index in [1.165, 1.54) is 19.3 Å². The monoisotopic (exact) mass is 263 g/mol. The number of hydrogen-bond acceptors (Lipinski definition) is 5. The summed E-state index contributed by atoms with van der Waals surface area (Å²) in [5, 5.41) is 11.9. The van der Waals surface area contributed by atoms with Crippen LogP contribution in [-0.4, -0.2) is 34.1 Å². The summed E-state index contributed by atoms with van der Waals surface area (Å²) in [5.74, 6) is 1.29. The van der Waals surface area contributed by atoms with Gasteiger partial charge in [0.05, 0.1) is 0 Å². The van der Waals surface area contributed by atoms with E-state index in [2.05, 4.69) is 26.9 Å². The molecule has 1 saturated carbocycles. The molecule has 2 unspecified atom stereocenters. The molecule has 1 aromatic rings. The van der Waals surface area contributed by atoms with Gasteiger partial charge in [0.1, 0.15) is 0 Å². The number of amidine groups is 1. The van der Waals surface area contributed by atoms with Gasteiger partial charge in [-0.2, -0.15) is 0 Å². The molecule has 6 nitrogen and oxygen atoms in total. The Balaban J connectivity index is 2.30. The number of aromatic nitrogens is 2. The highest BCUT2D eigenvalue weighted by Gasteiger charge is 2.27. The standard InChI is InChI=1S/C13H21N5O/c1-9-5-3-4-6-10(9)18(2)13-11(12(14)17-19)15-7-8-16-13/h7-10,19H,3-6H2,1-2H3,(H2,14,17). The van der Waals surface area contributed by atoms with Crippen LogP contribution >= 0.6 is 0 Å². The van der Waals surface area contributed by atoms with E-state index in [4.69, 9.17) is 10.9 Å². The molecule has 0 bridgehead atoms. The van der Waals surface area contributed by atoms with Gasteiger partial charge in [0.2, 0.25) is 0 Å². The van der Waals surface area contributed by atoms with Gasteiger partial charge in [0, 0.05) is 25.5 Å². The van der Waals surface area contributed by atoms with Crippen LogP contribution in [0.15, 0.2) is 17.5 Å². The minimum absolute atomic E-state index is 0.00147. The van der Waals surface area contributed by atoms with Gasteiger partial charge >= 0.3 is 0 Å². The summed E-state index contributed by atoms with van der Waals surface area (Å²) >= 11 is 0. The largest absolute Gasteiger partial charge is 0.409 e. The van der Waals surface area contributed by atoms with Crippen LogP contribution in [0.3, 0.4) is 0 Å². The molecule has 3 N–H and O–H groups in total. The van der Waals surface area contributed by atoms with E-state index in [-0.39, 0.29) is 5.84 Å². The fourth-order valence-electron chi connectivity index (χ4n) is 2.85. The van der Waals surface area contributed by atoms with E-state index in [0.29, 0.717) is 23.5 Å². The van der Waals surface area contributed by atoms with Gasteiger partial charge in [0.25, 0.3) is 0 Å². The van der Waals surface area contributed by atoms with Crippen molar-refractivity contribution < 1.29 is 5.21 Å². The Morgan fingerprint density at radius 2 is 2.05 bits per heavy atom. The highest BCUT2D eigenvalue weighted by molar-refractivity contribution is 5.99. The molecular formula is C13H21N5O. The van der Waals surface area contributed by atoms with Gasteiger partial charge in [-0.15, -0.1) is 0 Å². The van der Waals surface area contributed by atoms with Gasteiger partial charge in [-0.1, -0.05) is 24.9 Å². The number of hydrogen-bond donors (Lipinski definition) is 2. The number of rotatable bonds is 3. The topological polar surface area (TPSA) is 87.6 Å². The molecule has 19 heavy (non-hydrogen) atoms. The molecule has 0 spiro atoms. The molecule has 1 aliphatic rings. The Morgan fingerprint density at radius 1 is 1.37 bits per heavy atom. The van der Waals surface area contributed by atoms with E-state index in [1.807, 2.05) is 7.05 Å². The third-order valence-electron chi connectivity index (χ3n) is 3.93. The van der Waals surface area contributed by atoms with Crippen molar-refractivity contribution in [3.8, 4) is 0 Å². The first kappa shape index (κ1) is 13.6. The van der Waals surface area contributed by atoms with E-state index < -0.39 is 0 Å². The lowest BCUT2D eigenvalue weighted by Crippen LogP contribution is -2.40. The van der Waals surface area contributed by atoms with Gasteiger partial charge < -0.3 is 15.8 Å². The molecule has 0 amide bonds. The highest BCUT2D eigenvalue weighted by Crippen LogP contribution is 2.30.